The van der Waals surface area contributed by atoms with Crippen LogP contribution in [-0.2, 0) is 14.3 Å². The molecule has 0 aliphatic heterocycles. The van der Waals surface area contributed by atoms with E-state index in [1.54, 1.807) is 0 Å². The van der Waals surface area contributed by atoms with Gasteiger partial charge in [0.25, 0.3) is 0 Å². The second-order valence-corrected chi connectivity index (χ2v) is 19.1. The highest BCUT2D eigenvalue weighted by Crippen LogP contribution is 2.19. The van der Waals surface area contributed by atoms with Crippen molar-refractivity contribution in [3.05, 3.63) is 60.8 Å². The average Bonchev–Trinajstić information content (AvgIpc) is 3.30. The smallest absolute Gasteiger partial charge is 0.306 e. The molecule has 65 heavy (non-hydrogen) atoms. The van der Waals surface area contributed by atoms with Crippen LogP contribution < -0.4 is 5.32 Å². The first-order chi connectivity index (χ1) is 32.0. The van der Waals surface area contributed by atoms with E-state index >= 15 is 0 Å². The van der Waals surface area contributed by atoms with Crippen LogP contribution in [0.4, 0.5) is 0 Å². The molecule has 3 N–H and O–H groups in total. The van der Waals surface area contributed by atoms with Crippen molar-refractivity contribution in [2.24, 2.45) is 0 Å². The van der Waals surface area contributed by atoms with Crippen LogP contribution in [-0.4, -0.2) is 46.9 Å². The van der Waals surface area contributed by atoms with Crippen LogP contribution in [0.3, 0.4) is 0 Å². The standard InChI is InChI=1S/C59H107NO5/c1-4-7-10-13-16-19-22-25-27-28-29-31-34-37-40-43-46-49-52-59(64)65-55(50-47-44-41-38-35-33-30-26-23-20-17-14-11-8-5-2)53-58(63)60-56(54-61)57(62)51-48-45-42-39-36-32-24-21-18-15-12-9-6-3/h10,13,16,19,22,25,27-29,31,55-57,61-62H,4-9,11-12,14-15,17-18,20-21,23-24,26,30,32-54H2,1-3H3,(H,60,63)/b13-10+,19-16+,25-22+,28-27+,31-29+. The molecular weight excluding hydrogens is 803 g/mol. The molecule has 0 spiro atoms. The molecule has 0 fully saturated rings. The lowest BCUT2D eigenvalue weighted by Gasteiger charge is -2.24. The average molecular weight is 911 g/mol. The zero-order valence-electron chi connectivity index (χ0n) is 43.1. The van der Waals surface area contributed by atoms with Crippen molar-refractivity contribution in [2.45, 2.75) is 296 Å². The van der Waals surface area contributed by atoms with Crippen LogP contribution in [0.2, 0.25) is 0 Å². The molecule has 0 radical (unpaired) electrons. The molecule has 0 heterocycles. The maximum absolute atomic E-state index is 13.3. The van der Waals surface area contributed by atoms with Crippen molar-refractivity contribution in [3.8, 4) is 0 Å². The summed E-state index contributed by atoms with van der Waals surface area (Å²) >= 11 is 0. The van der Waals surface area contributed by atoms with Crippen molar-refractivity contribution in [1.82, 2.24) is 5.32 Å². The van der Waals surface area contributed by atoms with E-state index in [1.165, 1.54) is 154 Å². The summed E-state index contributed by atoms with van der Waals surface area (Å²) in [4.78, 5) is 26.2. The molecule has 0 aliphatic carbocycles. The molecule has 0 aliphatic rings. The van der Waals surface area contributed by atoms with Crippen LogP contribution in [0, 0.1) is 0 Å². The second-order valence-electron chi connectivity index (χ2n) is 19.1. The summed E-state index contributed by atoms with van der Waals surface area (Å²) < 4.78 is 5.95. The Balaban J connectivity index is 4.61. The Morgan fingerprint density at radius 1 is 0.446 bits per heavy atom. The number of hydrogen-bond acceptors (Lipinski definition) is 5. The van der Waals surface area contributed by atoms with Gasteiger partial charge >= 0.3 is 5.97 Å². The van der Waals surface area contributed by atoms with Crippen molar-refractivity contribution in [3.63, 3.8) is 0 Å². The fourth-order valence-corrected chi connectivity index (χ4v) is 8.46. The highest BCUT2D eigenvalue weighted by Gasteiger charge is 2.24. The van der Waals surface area contributed by atoms with Crippen molar-refractivity contribution >= 4 is 11.9 Å². The molecule has 0 saturated heterocycles. The minimum absolute atomic E-state index is 0.0685. The topological polar surface area (TPSA) is 95.9 Å². The SMILES string of the molecule is CCC/C=C/C=C/C=C/C=C/C=C/CCCCCCCC(=O)OC(CCCCCCCCCCCCCCCCC)CC(=O)NC(CO)C(O)CCCCCCCCCCCCCCC. The van der Waals surface area contributed by atoms with Gasteiger partial charge in [-0.15, -0.1) is 0 Å². The molecule has 0 saturated carbocycles. The summed E-state index contributed by atoms with van der Waals surface area (Å²) in [6.07, 6.45) is 65.6. The van der Waals surface area contributed by atoms with Gasteiger partial charge in [0.15, 0.2) is 0 Å². The maximum atomic E-state index is 13.3. The summed E-state index contributed by atoms with van der Waals surface area (Å²) in [5.74, 6) is -0.492. The summed E-state index contributed by atoms with van der Waals surface area (Å²) in [6.45, 7) is 6.41. The Bertz CT molecular complexity index is 1160. The minimum Gasteiger partial charge on any atom is -0.462 e. The number of unbranched alkanes of at least 4 members (excludes halogenated alkanes) is 32. The lowest BCUT2D eigenvalue weighted by molar-refractivity contribution is -0.151. The molecule has 6 nitrogen and oxygen atoms in total. The summed E-state index contributed by atoms with van der Waals surface area (Å²) in [7, 11) is 0. The number of esters is 1. The van der Waals surface area contributed by atoms with Gasteiger partial charge in [-0.05, 0) is 44.9 Å². The Hall–Kier alpha value is -2.44. The fourth-order valence-electron chi connectivity index (χ4n) is 8.46. The highest BCUT2D eigenvalue weighted by atomic mass is 16.5. The van der Waals surface area contributed by atoms with Crippen LogP contribution >= 0.6 is 0 Å². The van der Waals surface area contributed by atoms with Crippen molar-refractivity contribution in [1.29, 1.82) is 0 Å². The van der Waals surface area contributed by atoms with Crippen LogP contribution in [0.5, 0.6) is 0 Å². The van der Waals surface area contributed by atoms with E-state index in [-0.39, 0.29) is 24.9 Å². The van der Waals surface area contributed by atoms with E-state index in [0.717, 1.165) is 77.0 Å². The molecule has 3 atom stereocenters. The normalized spacial score (nSPS) is 13.6. The van der Waals surface area contributed by atoms with Gasteiger partial charge in [0.05, 0.1) is 25.2 Å². The van der Waals surface area contributed by atoms with Crippen LogP contribution in [0.1, 0.15) is 278 Å². The molecule has 0 bridgehead atoms. The molecule has 378 valence electrons. The van der Waals surface area contributed by atoms with Crippen LogP contribution in [0.15, 0.2) is 60.8 Å². The van der Waals surface area contributed by atoms with Gasteiger partial charge in [-0.1, -0.05) is 281 Å². The molecule has 0 aromatic heterocycles. The molecule has 1 amide bonds. The number of amides is 1. The minimum atomic E-state index is -0.793. The summed E-state index contributed by atoms with van der Waals surface area (Å²) in [5, 5.41) is 23.8. The van der Waals surface area contributed by atoms with Gasteiger partial charge in [-0.25, -0.2) is 0 Å². The molecule has 0 aromatic carbocycles. The lowest BCUT2D eigenvalue weighted by atomic mass is 10.0. The first kappa shape index (κ1) is 62.6. The number of allylic oxidation sites excluding steroid dienone is 10. The number of rotatable bonds is 50. The van der Waals surface area contributed by atoms with E-state index in [9.17, 15) is 19.8 Å². The van der Waals surface area contributed by atoms with E-state index in [0.29, 0.717) is 19.3 Å². The number of hydrogen-bond donors (Lipinski definition) is 3. The lowest BCUT2D eigenvalue weighted by Crippen LogP contribution is -2.46. The number of nitrogens with one attached hydrogen (secondary N) is 1. The van der Waals surface area contributed by atoms with Crippen LogP contribution in [0.25, 0.3) is 0 Å². The van der Waals surface area contributed by atoms with Gasteiger partial charge in [0, 0.05) is 6.42 Å². The van der Waals surface area contributed by atoms with Gasteiger partial charge in [-0.3, -0.25) is 9.59 Å². The quantitative estimate of drug-likeness (QED) is 0.0321. The number of carbonyl (C=O) groups excluding carboxylic acids is 2. The molecule has 6 heteroatoms. The summed E-state index contributed by atoms with van der Waals surface area (Å²) in [6, 6.07) is -0.707. The monoisotopic (exact) mass is 910 g/mol. The number of ether oxygens (including phenoxy) is 1. The zero-order valence-corrected chi connectivity index (χ0v) is 43.1. The first-order valence-corrected chi connectivity index (χ1v) is 28.1. The van der Waals surface area contributed by atoms with E-state index in [2.05, 4.69) is 62.5 Å². The Morgan fingerprint density at radius 2 is 0.815 bits per heavy atom. The van der Waals surface area contributed by atoms with Crippen molar-refractivity contribution in [2.75, 3.05) is 6.61 Å². The number of aliphatic hydroxyl groups is 2. The molecule has 0 aromatic rings. The maximum Gasteiger partial charge on any atom is 0.306 e. The third-order valence-corrected chi connectivity index (χ3v) is 12.7. The molecule has 0 rings (SSSR count). The van der Waals surface area contributed by atoms with E-state index in [4.69, 9.17) is 4.74 Å². The second kappa shape index (κ2) is 52.5. The third kappa shape index (κ3) is 47.8. The molecular formula is C59H107NO5. The predicted octanol–water partition coefficient (Wildman–Crippen LogP) is 17.2. The van der Waals surface area contributed by atoms with Gasteiger partial charge < -0.3 is 20.3 Å². The Morgan fingerprint density at radius 3 is 1.25 bits per heavy atom. The number of aliphatic hydroxyl groups excluding tert-OH is 2. The van der Waals surface area contributed by atoms with E-state index < -0.39 is 18.2 Å². The Labute approximate surface area is 403 Å². The number of carbonyl (C=O) groups is 2. The van der Waals surface area contributed by atoms with Gasteiger partial charge in [0.2, 0.25) is 5.91 Å². The third-order valence-electron chi connectivity index (χ3n) is 12.7. The molecule has 3 unspecified atom stereocenters. The van der Waals surface area contributed by atoms with Gasteiger partial charge in [-0.2, -0.15) is 0 Å². The largest absolute Gasteiger partial charge is 0.462 e. The Kier molecular flexibility index (Phi) is 50.6. The summed E-state index contributed by atoms with van der Waals surface area (Å²) in [5.41, 5.74) is 0. The first-order valence-electron chi connectivity index (χ1n) is 28.1. The fraction of sp³-hybridized carbons (Fsp3) is 0.797. The zero-order chi connectivity index (χ0) is 47.4. The van der Waals surface area contributed by atoms with Crippen molar-refractivity contribution < 1.29 is 24.5 Å². The predicted molar refractivity (Wildman–Crippen MR) is 282 cm³/mol. The van der Waals surface area contributed by atoms with Gasteiger partial charge in [0.1, 0.15) is 6.10 Å². The van der Waals surface area contributed by atoms with E-state index in [1.807, 2.05) is 24.3 Å². The highest BCUT2D eigenvalue weighted by molar-refractivity contribution is 5.77.